The lowest BCUT2D eigenvalue weighted by atomic mass is 9.56. The number of nitrogens with zero attached hydrogens (tertiary/aromatic N) is 3. The molecule has 0 spiro atoms. The van der Waals surface area contributed by atoms with E-state index in [-0.39, 0.29) is 11.5 Å². The van der Waals surface area contributed by atoms with E-state index in [1.807, 2.05) is 24.3 Å². The Labute approximate surface area is 166 Å². The number of hydrogen-bond donors (Lipinski definition) is 1. The highest BCUT2D eigenvalue weighted by molar-refractivity contribution is 5.59. The number of unbranched alkanes of at least 4 members (excludes halogenated alkanes) is 1. The number of nitriles is 3. The first-order chi connectivity index (χ1) is 13.6. The lowest BCUT2D eigenvalue weighted by Crippen LogP contribution is -2.41. The van der Waals surface area contributed by atoms with Crippen molar-refractivity contribution in [3.05, 3.63) is 52.7 Å². The quantitative estimate of drug-likeness (QED) is 0.768. The molecule has 2 N–H and O–H groups in total. The molecule has 2 atom stereocenters. The third-order valence-electron chi connectivity index (χ3n) is 5.80. The molecule has 0 bridgehead atoms. The van der Waals surface area contributed by atoms with Crippen LogP contribution in [-0.4, -0.2) is 6.61 Å². The molecule has 0 amide bonds. The summed E-state index contributed by atoms with van der Waals surface area (Å²) < 4.78 is 5.74. The van der Waals surface area contributed by atoms with E-state index in [1.54, 1.807) is 0 Å². The van der Waals surface area contributed by atoms with Crippen LogP contribution in [0, 0.1) is 45.3 Å². The van der Waals surface area contributed by atoms with E-state index in [9.17, 15) is 15.8 Å². The van der Waals surface area contributed by atoms with Crippen LogP contribution in [0.15, 0.2) is 47.2 Å². The summed E-state index contributed by atoms with van der Waals surface area (Å²) in [6, 6.07) is 14.0. The lowest BCUT2D eigenvalue weighted by Gasteiger charge is -2.43. The second-order valence-corrected chi connectivity index (χ2v) is 7.38. The molecule has 3 rings (SSSR count). The number of allylic oxidation sites excluding steroid dienone is 3. The zero-order chi connectivity index (χ0) is 20.1. The van der Waals surface area contributed by atoms with Crippen LogP contribution in [0.2, 0.25) is 0 Å². The van der Waals surface area contributed by atoms with Gasteiger partial charge in [0.05, 0.1) is 36.1 Å². The van der Waals surface area contributed by atoms with Crippen molar-refractivity contribution in [2.24, 2.45) is 17.1 Å². The molecule has 0 aromatic heterocycles. The Morgan fingerprint density at radius 2 is 1.89 bits per heavy atom. The van der Waals surface area contributed by atoms with Crippen LogP contribution in [-0.2, 0) is 0 Å². The van der Waals surface area contributed by atoms with Crippen molar-refractivity contribution < 1.29 is 4.74 Å². The predicted octanol–water partition coefficient (Wildman–Crippen LogP) is 4.46. The molecule has 0 saturated carbocycles. The topological polar surface area (TPSA) is 107 Å². The highest BCUT2D eigenvalue weighted by Gasteiger charge is 2.54. The van der Waals surface area contributed by atoms with Gasteiger partial charge in [-0.05, 0) is 54.9 Å². The monoisotopic (exact) mass is 372 g/mol. The molecule has 0 fully saturated rings. The number of ether oxygens (including phenoxy) is 1. The van der Waals surface area contributed by atoms with E-state index in [0.717, 1.165) is 49.0 Å². The van der Waals surface area contributed by atoms with E-state index in [1.165, 1.54) is 0 Å². The van der Waals surface area contributed by atoms with Crippen LogP contribution in [0.1, 0.15) is 50.5 Å². The van der Waals surface area contributed by atoms with Gasteiger partial charge in [-0.15, -0.1) is 0 Å². The summed E-state index contributed by atoms with van der Waals surface area (Å²) in [5, 5.41) is 29.8. The molecule has 28 heavy (non-hydrogen) atoms. The molecular formula is C23H24N4O. The van der Waals surface area contributed by atoms with Gasteiger partial charge in [-0.1, -0.05) is 31.6 Å². The van der Waals surface area contributed by atoms with Gasteiger partial charge in [0, 0.05) is 5.92 Å². The van der Waals surface area contributed by atoms with Gasteiger partial charge in [-0.25, -0.2) is 0 Å². The Bertz CT molecular complexity index is 907. The molecule has 1 aromatic carbocycles. The van der Waals surface area contributed by atoms with Crippen molar-refractivity contribution >= 4 is 0 Å². The highest BCUT2D eigenvalue weighted by Crippen LogP contribution is 2.56. The van der Waals surface area contributed by atoms with Crippen molar-refractivity contribution in [2.45, 2.75) is 44.9 Å². The Hall–Kier alpha value is -3.23. The first-order valence-electron chi connectivity index (χ1n) is 9.79. The Kier molecular flexibility index (Phi) is 5.72. The molecule has 0 radical (unpaired) electrons. The maximum atomic E-state index is 10.0. The fourth-order valence-corrected chi connectivity index (χ4v) is 4.38. The molecule has 0 saturated heterocycles. The maximum Gasteiger partial charge on any atom is 0.187 e. The summed E-state index contributed by atoms with van der Waals surface area (Å²) in [6.07, 6.45) is 6.83. The van der Waals surface area contributed by atoms with Crippen LogP contribution >= 0.6 is 0 Å². The molecule has 2 aliphatic carbocycles. The van der Waals surface area contributed by atoms with E-state index in [0.29, 0.717) is 12.3 Å². The second kappa shape index (κ2) is 8.20. The van der Waals surface area contributed by atoms with E-state index >= 15 is 0 Å². The molecule has 0 aliphatic heterocycles. The van der Waals surface area contributed by atoms with Crippen LogP contribution in [0.4, 0.5) is 0 Å². The molecular weight excluding hydrogens is 348 g/mol. The lowest BCUT2D eigenvalue weighted by molar-refractivity contribution is 0.307. The van der Waals surface area contributed by atoms with E-state index in [2.05, 4.69) is 31.2 Å². The number of fused-ring (bicyclic) bond motifs is 1. The second-order valence-electron chi connectivity index (χ2n) is 7.38. The first-order valence-corrected chi connectivity index (χ1v) is 9.79. The summed E-state index contributed by atoms with van der Waals surface area (Å²) >= 11 is 0. The highest BCUT2D eigenvalue weighted by atomic mass is 16.5. The molecule has 2 aliphatic rings. The summed E-state index contributed by atoms with van der Waals surface area (Å²) in [6.45, 7) is 2.77. The molecule has 142 valence electrons. The van der Waals surface area contributed by atoms with Gasteiger partial charge in [0.15, 0.2) is 5.41 Å². The van der Waals surface area contributed by atoms with Gasteiger partial charge in [-0.2, -0.15) is 15.8 Å². The van der Waals surface area contributed by atoms with Crippen molar-refractivity contribution in [3.63, 3.8) is 0 Å². The third kappa shape index (κ3) is 3.12. The van der Waals surface area contributed by atoms with Gasteiger partial charge in [0.25, 0.3) is 0 Å². The van der Waals surface area contributed by atoms with E-state index < -0.39 is 11.3 Å². The van der Waals surface area contributed by atoms with Gasteiger partial charge in [0.1, 0.15) is 5.75 Å². The summed E-state index contributed by atoms with van der Waals surface area (Å²) in [4.78, 5) is 0. The molecule has 5 nitrogen and oxygen atoms in total. The first kappa shape index (κ1) is 19.5. The zero-order valence-electron chi connectivity index (χ0n) is 16.1. The molecule has 0 heterocycles. The summed E-state index contributed by atoms with van der Waals surface area (Å²) in [5.41, 5.74) is 6.86. The SMILES string of the molecule is CCCCOc1ccc([C@H]2[C@@H]3CCCC=C3C(N)=C(C#N)C2(C#N)C#N)cc1. The van der Waals surface area contributed by atoms with Gasteiger partial charge >= 0.3 is 0 Å². The zero-order valence-corrected chi connectivity index (χ0v) is 16.1. The van der Waals surface area contributed by atoms with Crippen molar-refractivity contribution in [1.29, 1.82) is 15.8 Å². The normalized spacial score (nSPS) is 22.9. The number of hydrogen-bond acceptors (Lipinski definition) is 5. The maximum absolute atomic E-state index is 10.0. The number of nitrogens with two attached hydrogens (primary N) is 1. The van der Waals surface area contributed by atoms with Crippen LogP contribution in [0.3, 0.4) is 0 Å². The molecule has 5 heteroatoms. The Balaban J connectivity index is 2.08. The third-order valence-corrected chi connectivity index (χ3v) is 5.80. The Morgan fingerprint density at radius 1 is 1.18 bits per heavy atom. The summed E-state index contributed by atoms with van der Waals surface area (Å²) in [5.74, 6) is 0.292. The van der Waals surface area contributed by atoms with Crippen LogP contribution in [0.5, 0.6) is 5.75 Å². The Morgan fingerprint density at radius 3 is 2.50 bits per heavy atom. The van der Waals surface area contributed by atoms with Gasteiger partial charge in [0.2, 0.25) is 0 Å². The largest absolute Gasteiger partial charge is 0.494 e. The average molecular weight is 372 g/mol. The van der Waals surface area contributed by atoms with Gasteiger partial charge < -0.3 is 10.5 Å². The van der Waals surface area contributed by atoms with Gasteiger partial charge in [-0.3, -0.25) is 0 Å². The average Bonchev–Trinajstić information content (AvgIpc) is 2.74. The van der Waals surface area contributed by atoms with Crippen molar-refractivity contribution in [2.75, 3.05) is 6.61 Å². The predicted molar refractivity (Wildman–Crippen MR) is 105 cm³/mol. The minimum atomic E-state index is -1.58. The summed E-state index contributed by atoms with van der Waals surface area (Å²) in [7, 11) is 0. The fourth-order valence-electron chi connectivity index (χ4n) is 4.38. The molecule has 0 unspecified atom stereocenters. The van der Waals surface area contributed by atoms with Crippen molar-refractivity contribution in [3.8, 4) is 24.0 Å². The standard InChI is InChI=1S/C23H24N4O/c1-2-3-12-28-17-10-8-16(9-11-17)21-18-6-4-5-7-19(18)22(27)20(13-24)23(21,14-25)15-26/h7-11,18,21H,2-6,12,27H2,1H3/t18-,21+/m1/s1. The minimum Gasteiger partial charge on any atom is -0.494 e. The minimum absolute atomic E-state index is 0.0444. The van der Waals surface area contributed by atoms with Crippen LogP contribution in [0.25, 0.3) is 0 Å². The van der Waals surface area contributed by atoms with Crippen molar-refractivity contribution in [1.82, 2.24) is 0 Å². The smallest absolute Gasteiger partial charge is 0.187 e. The molecule has 1 aromatic rings. The number of rotatable bonds is 5. The fraction of sp³-hybridized carbons (Fsp3) is 0.435. The van der Waals surface area contributed by atoms with Crippen LogP contribution < -0.4 is 10.5 Å². The van der Waals surface area contributed by atoms with E-state index in [4.69, 9.17) is 10.5 Å². The number of benzene rings is 1.